The van der Waals surface area contributed by atoms with E-state index in [2.05, 4.69) is 4.98 Å². The van der Waals surface area contributed by atoms with E-state index in [0.29, 0.717) is 17.7 Å². The minimum Gasteiger partial charge on any atom is -0.483 e. The Hall–Kier alpha value is -3.25. The first kappa shape index (κ1) is 18.1. The Bertz CT molecular complexity index is 1020. The number of para-hydroxylation sites is 1. The SMILES string of the molecule is CC1(Oc2ccccc2)C=CC(c2cc(C(=O)O)c3c(n2)C(=O)CC3O)=CC1. The summed E-state index contributed by atoms with van der Waals surface area (Å²) in [5, 5.41) is 19.5. The van der Waals surface area contributed by atoms with Gasteiger partial charge in [0.15, 0.2) is 5.78 Å². The number of aliphatic hydroxyl groups is 1. The van der Waals surface area contributed by atoms with Crippen LogP contribution in [0, 0.1) is 0 Å². The van der Waals surface area contributed by atoms with Crippen molar-refractivity contribution in [2.75, 3.05) is 0 Å². The minimum atomic E-state index is -1.19. The van der Waals surface area contributed by atoms with Crippen LogP contribution in [0.2, 0.25) is 0 Å². The van der Waals surface area contributed by atoms with Crippen LogP contribution in [0.3, 0.4) is 0 Å². The van der Waals surface area contributed by atoms with E-state index in [0.717, 1.165) is 5.75 Å². The summed E-state index contributed by atoms with van der Waals surface area (Å²) in [6, 6.07) is 10.9. The Morgan fingerprint density at radius 3 is 2.68 bits per heavy atom. The molecule has 2 aliphatic carbocycles. The molecule has 0 bridgehead atoms. The number of aromatic nitrogens is 1. The quantitative estimate of drug-likeness (QED) is 0.845. The summed E-state index contributed by atoms with van der Waals surface area (Å²) in [4.78, 5) is 28.1. The summed E-state index contributed by atoms with van der Waals surface area (Å²) in [6.07, 6.45) is 4.95. The number of carboxylic acids is 1. The van der Waals surface area contributed by atoms with Crippen LogP contribution in [0.5, 0.6) is 5.75 Å². The molecule has 2 atom stereocenters. The molecule has 6 heteroatoms. The molecule has 0 saturated carbocycles. The number of carbonyl (C=O) groups excluding carboxylic acids is 1. The van der Waals surface area contributed by atoms with Gasteiger partial charge < -0.3 is 14.9 Å². The average molecular weight is 377 g/mol. The molecule has 0 amide bonds. The van der Waals surface area contributed by atoms with Crippen LogP contribution in [0.25, 0.3) is 5.57 Å². The lowest BCUT2D eigenvalue weighted by atomic mass is 9.91. The summed E-state index contributed by atoms with van der Waals surface area (Å²) in [7, 11) is 0. The summed E-state index contributed by atoms with van der Waals surface area (Å²) in [6.45, 7) is 1.96. The fourth-order valence-electron chi connectivity index (χ4n) is 3.54. The molecule has 2 N–H and O–H groups in total. The summed E-state index contributed by atoms with van der Waals surface area (Å²) in [5.41, 5.74) is 0.652. The number of carbonyl (C=O) groups is 2. The monoisotopic (exact) mass is 377 g/mol. The number of fused-ring (bicyclic) bond motifs is 1. The maximum atomic E-state index is 12.1. The predicted molar refractivity (Wildman–Crippen MR) is 102 cm³/mol. The minimum absolute atomic E-state index is 0.0468. The number of ketones is 1. The molecular formula is C22H19NO5. The Labute approximate surface area is 161 Å². The lowest BCUT2D eigenvalue weighted by molar-refractivity contribution is 0.0687. The highest BCUT2D eigenvalue weighted by molar-refractivity contribution is 6.04. The van der Waals surface area contributed by atoms with Gasteiger partial charge in [-0.25, -0.2) is 9.78 Å². The highest BCUT2D eigenvalue weighted by Gasteiger charge is 2.35. The van der Waals surface area contributed by atoms with Crippen LogP contribution in [0.15, 0.2) is 54.6 Å². The van der Waals surface area contributed by atoms with Crippen molar-refractivity contribution in [3.63, 3.8) is 0 Å². The number of ether oxygens (including phenoxy) is 1. The smallest absolute Gasteiger partial charge is 0.336 e. The molecule has 0 saturated heterocycles. The number of pyridine rings is 1. The van der Waals surface area contributed by atoms with E-state index < -0.39 is 17.7 Å². The molecule has 0 fully saturated rings. The Kier molecular flexibility index (Phi) is 4.35. The fourth-order valence-corrected chi connectivity index (χ4v) is 3.54. The van der Waals surface area contributed by atoms with Crippen molar-refractivity contribution in [3.8, 4) is 5.75 Å². The molecule has 1 aromatic heterocycles. The van der Waals surface area contributed by atoms with E-state index in [4.69, 9.17) is 4.74 Å². The van der Waals surface area contributed by atoms with Gasteiger partial charge in [0.05, 0.1) is 17.4 Å². The van der Waals surface area contributed by atoms with Gasteiger partial charge in [-0.05, 0) is 36.8 Å². The van der Waals surface area contributed by atoms with Crippen LogP contribution in [-0.2, 0) is 0 Å². The third-order valence-corrected chi connectivity index (χ3v) is 5.00. The van der Waals surface area contributed by atoms with Crippen molar-refractivity contribution in [2.24, 2.45) is 0 Å². The zero-order valence-electron chi connectivity index (χ0n) is 15.3. The van der Waals surface area contributed by atoms with Gasteiger partial charge in [0.25, 0.3) is 0 Å². The second kappa shape index (κ2) is 6.73. The van der Waals surface area contributed by atoms with Gasteiger partial charge in [-0.15, -0.1) is 0 Å². The van der Waals surface area contributed by atoms with Crippen LogP contribution in [-0.4, -0.2) is 32.6 Å². The van der Waals surface area contributed by atoms with Crippen molar-refractivity contribution in [1.29, 1.82) is 0 Å². The number of rotatable bonds is 4. The fraction of sp³-hybridized carbons (Fsp3) is 0.227. The normalized spacial score (nSPS) is 23.3. The number of aromatic carboxylic acids is 1. The number of hydrogen-bond donors (Lipinski definition) is 2. The first-order valence-corrected chi connectivity index (χ1v) is 9.00. The molecule has 0 radical (unpaired) electrons. The molecule has 6 nitrogen and oxygen atoms in total. The second-order valence-corrected chi connectivity index (χ2v) is 7.19. The zero-order chi connectivity index (χ0) is 19.9. The molecule has 2 aliphatic rings. The van der Waals surface area contributed by atoms with Gasteiger partial charge >= 0.3 is 5.97 Å². The number of Topliss-reactive ketones (excluding diaryl/α,β-unsaturated/α-hetero) is 1. The number of hydrogen-bond acceptors (Lipinski definition) is 5. The molecule has 1 heterocycles. The van der Waals surface area contributed by atoms with E-state index in [9.17, 15) is 19.8 Å². The van der Waals surface area contributed by atoms with Crippen LogP contribution < -0.4 is 4.74 Å². The molecule has 2 unspecified atom stereocenters. The zero-order valence-corrected chi connectivity index (χ0v) is 15.3. The molecular weight excluding hydrogens is 358 g/mol. The highest BCUT2D eigenvalue weighted by atomic mass is 16.5. The molecule has 2 aromatic rings. The number of benzene rings is 1. The molecule has 0 aliphatic heterocycles. The van der Waals surface area contributed by atoms with Gasteiger partial charge in [-0.3, -0.25) is 4.79 Å². The van der Waals surface area contributed by atoms with Gasteiger partial charge in [-0.1, -0.05) is 30.4 Å². The molecule has 0 spiro atoms. The molecule has 142 valence electrons. The second-order valence-electron chi connectivity index (χ2n) is 7.19. The summed E-state index contributed by atoms with van der Waals surface area (Å²) >= 11 is 0. The van der Waals surface area contributed by atoms with Crippen molar-refractivity contribution in [1.82, 2.24) is 4.98 Å². The van der Waals surface area contributed by atoms with Crippen molar-refractivity contribution >= 4 is 17.3 Å². The van der Waals surface area contributed by atoms with Crippen molar-refractivity contribution < 1.29 is 24.5 Å². The van der Waals surface area contributed by atoms with E-state index in [1.165, 1.54) is 6.07 Å². The van der Waals surface area contributed by atoms with Crippen LogP contribution in [0.4, 0.5) is 0 Å². The van der Waals surface area contributed by atoms with Gasteiger partial charge in [0.2, 0.25) is 0 Å². The topological polar surface area (TPSA) is 96.7 Å². The van der Waals surface area contributed by atoms with E-state index in [-0.39, 0.29) is 29.0 Å². The first-order chi connectivity index (χ1) is 13.4. The summed E-state index contributed by atoms with van der Waals surface area (Å²) in [5.74, 6) is -0.773. The summed E-state index contributed by atoms with van der Waals surface area (Å²) < 4.78 is 6.06. The first-order valence-electron chi connectivity index (χ1n) is 9.00. The highest BCUT2D eigenvalue weighted by Crippen LogP contribution is 2.36. The van der Waals surface area contributed by atoms with Crippen LogP contribution >= 0.6 is 0 Å². The van der Waals surface area contributed by atoms with E-state index in [1.807, 2.05) is 55.5 Å². The standard InChI is InChI=1S/C22H19NO5/c1-22(28-14-5-3-2-4-6-14)9-7-13(8-10-22)16-11-15(21(26)27)19-17(24)12-18(25)20(19)23-16/h2-9,11,17,24H,10,12H2,1H3,(H,26,27). The third kappa shape index (κ3) is 3.23. The lowest BCUT2D eigenvalue weighted by Gasteiger charge is -2.29. The largest absolute Gasteiger partial charge is 0.483 e. The lowest BCUT2D eigenvalue weighted by Crippen LogP contribution is -2.30. The number of aliphatic hydroxyl groups excluding tert-OH is 1. The van der Waals surface area contributed by atoms with Crippen molar-refractivity contribution in [3.05, 3.63) is 77.1 Å². The predicted octanol–water partition coefficient (Wildman–Crippen LogP) is 3.58. The van der Waals surface area contributed by atoms with E-state index in [1.54, 1.807) is 0 Å². The molecule has 28 heavy (non-hydrogen) atoms. The van der Waals surface area contributed by atoms with Crippen LogP contribution in [0.1, 0.15) is 58.0 Å². The van der Waals surface area contributed by atoms with Gasteiger partial charge in [0, 0.05) is 18.4 Å². The van der Waals surface area contributed by atoms with Gasteiger partial charge in [0.1, 0.15) is 17.0 Å². The van der Waals surface area contributed by atoms with Gasteiger partial charge in [-0.2, -0.15) is 0 Å². The molecule has 1 aromatic carbocycles. The maximum Gasteiger partial charge on any atom is 0.336 e. The Morgan fingerprint density at radius 1 is 1.29 bits per heavy atom. The number of allylic oxidation sites excluding steroid dienone is 2. The van der Waals surface area contributed by atoms with E-state index >= 15 is 0 Å². The van der Waals surface area contributed by atoms with Crippen molar-refractivity contribution in [2.45, 2.75) is 31.5 Å². The maximum absolute atomic E-state index is 12.1. The number of nitrogens with zero attached hydrogens (tertiary/aromatic N) is 1. The third-order valence-electron chi connectivity index (χ3n) is 5.00. The molecule has 4 rings (SSSR count). The Morgan fingerprint density at radius 2 is 2.04 bits per heavy atom. The number of carboxylic acid groups (broad SMARTS) is 1. The Balaban J connectivity index is 1.65. The average Bonchev–Trinajstić information content (AvgIpc) is 2.96.